The molecule has 330 valence electrons. The molecular weight excluding hydrogens is 705 g/mol. The van der Waals surface area contributed by atoms with Gasteiger partial charge in [-0.1, -0.05) is 68.7 Å². The Balaban J connectivity index is 4.65. The van der Waals surface area contributed by atoms with Gasteiger partial charge in [-0.2, -0.15) is 0 Å². The van der Waals surface area contributed by atoms with Gasteiger partial charge in [0.1, 0.15) is 0 Å². The van der Waals surface area contributed by atoms with Crippen molar-refractivity contribution in [2.75, 3.05) is 26.3 Å². The lowest BCUT2D eigenvalue weighted by Gasteiger charge is -2.37. The first-order chi connectivity index (χ1) is 25.3. The first-order valence-corrected chi connectivity index (χ1v) is 21.8. The van der Waals surface area contributed by atoms with E-state index in [0.717, 1.165) is 44.9 Å². The molecule has 2 atom stereocenters. The summed E-state index contributed by atoms with van der Waals surface area (Å²) >= 11 is 0. The van der Waals surface area contributed by atoms with E-state index in [4.69, 9.17) is 9.47 Å². The molecule has 0 bridgehead atoms. The van der Waals surface area contributed by atoms with Gasteiger partial charge < -0.3 is 30.7 Å². The van der Waals surface area contributed by atoms with Crippen molar-refractivity contribution in [3.63, 3.8) is 0 Å². The lowest BCUT2D eigenvalue weighted by Crippen LogP contribution is -2.53. The van der Waals surface area contributed by atoms with Gasteiger partial charge >= 0.3 is 0 Å². The average molecular weight is 795 g/mol. The molecule has 10 nitrogen and oxygen atoms in total. The van der Waals surface area contributed by atoms with Crippen LogP contribution in [0.25, 0.3) is 0 Å². The molecule has 0 aliphatic carbocycles. The quantitative estimate of drug-likeness (QED) is 0.0555. The minimum Gasteiger partial charge on any atom is -0.375 e. The standard InChI is InChI=1S/C46H90N4O6/c1-19-25-46(18,20-2)37(52)35(49-40(5,6)7)23-21-22-28-47-36(51)24-26-44(14,15)55-30-27-45(16,17)56-31-29-48-38(53)42(10,11)33-43(12,13)50-39(54)41(8,9)32-34(3)4/h34-35,49H,19-33H2,1-18H3,(H,47,51)(H,48,53)(H,50,54)/t35-,46?/m0/s1. The number of carbonyl (C=O) groups excluding carboxylic acids is 4. The molecule has 4 N–H and O–H groups in total. The van der Waals surface area contributed by atoms with Crippen LogP contribution in [-0.2, 0) is 28.7 Å². The fourth-order valence-corrected chi connectivity index (χ4v) is 7.71. The molecule has 0 radical (unpaired) electrons. The van der Waals surface area contributed by atoms with Crippen molar-refractivity contribution in [3.05, 3.63) is 0 Å². The summed E-state index contributed by atoms with van der Waals surface area (Å²) in [6, 6.07) is -0.188. The number of ether oxygens (including phenoxy) is 2. The molecule has 0 aliphatic rings. The summed E-state index contributed by atoms with van der Waals surface area (Å²) in [6.45, 7) is 38.5. The van der Waals surface area contributed by atoms with Crippen molar-refractivity contribution in [3.8, 4) is 0 Å². The SMILES string of the molecule is CCCC(C)(CC)C(=O)[C@H](CCCCNC(=O)CCC(C)(C)OCCC(C)(C)OCCNC(=O)C(C)(C)CC(C)(C)NC(=O)C(C)(C)CC(C)C)NC(C)(C)C. The highest BCUT2D eigenvalue weighted by atomic mass is 16.5. The van der Waals surface area contributed by atoms with Crippen LogP contribution in [0, 0.1) is 22.2 Å². The number of unbranched alkanes of at least 4 members (excludes halogenated alkanes) is 1. The normalized spacial score (nSPS) is 15.0. The Kier molecular flexibility index (Phi) is 22.1. The number of hydrogen-bond donors (Lipinski definition) is 4. The Bertz CT molecular complexity index is 1220. The highest BCUT2D eigenvalue weighted by molar-refractivity contribution is 5.89. The first-order valence-electron chi connectivity index (χ1n) is 21.8. The van der Waals surface area contributed by atoms with E-state index in [1.54, 1.807) is 0 Å². The van der Waals surface area contributed by atoms with E-state index in [9.17, 15) is 19.2 Å². The average Bonchev–Trinajstić information content (AvgIpc) is 3.02. The number of Topliss-reactive ketones (excluding diaryl/α,β-unsaturated/α-hetero) is 1. The van der Waals surface area contributed by atoms with Crippen LogP contribution < -0.4 is 21.3 Å². The van der Waals surface area contributed by atoms with Gasteiger partial charge in [-0.3, -0.25) is 19.2 Å². The van der Waals surface area contributed by atoms with Crippen LogP contribution in [0.5, 0.6) is 0 Å². The second kappa shape index (κ2) is 22.9. The van der Waals surface area contributed by atoms with Crippen molar-refractivity contribution < 1.29 is 28.7 Å². The maximum Gasteiger partial charge on any atom is 0.226 e. The maximum absolute atomic E-state index is 13.6. The second-order valence-electron chi connectivity index (χ2n) is 21.4. The summed E-state index contributed by atoms with van der Waals surface area (Å²) in [4.78, 5) is 52.5. The van der Waals surface area contributed by atoms with Gasteiger partial charge in [-0.25, -0.2) is 0 Å². The van der Waals surface area contributed by atoms with E-state index in [1.807, 2.05) is 69.2 Å². The Morgan fingerprint density at radius 2 is 1.21 bits per heavy atom. The van der Waals surface area contributed by atoms with Crippen molar-refractivity contribution in [2.24, 2.45) is 22.2 Å². The summed E-state index contributed by atoms with van der Waals surface area (Å²) in [5.74, 6) is 0.662. The molecular formula is C46H90N4O6. The summed E-state index contributed by atoms with van der Waals surface area (Å²) in [5.41, 5.74) is -3.12. The third-order valence-electron chi connectivity index (χ3n) is 10.9. The molecule has 0 heterocycles. The van der Waals surface area contributed by atoms with Gasteiger partial charge in [0.25, 0.3) is 0 Å². The van der Waals surface area contributed by atoms with Crippen LogP contribution in [-0.4, -0.2) is 78.1 Å². The van der Waals surface area contributed by atoms with Crippen molar-refractivity contribution in [2.45, 2.75) is 224 Å². The fourth-order valence-electron chi connectivity index (χ4n) is 7.71. The Morgan fingerprint density at radius 3 is 1.75 bits per heavy atom. The highest BCUT2D eigenvalue weighted by Gasteiger charge is 2.39. The fraction of sp³-hybridized carbons (Fsp3) is 0.913. The Morgan fingerprint density at radius 1 is 0.643 bits per heavy atom. The molecule has 3 amide bonds. The highest BCUT2D eigenvalue weighted by Crippen LogP contribution is 2.33. The lowest BCUT2D eigenvalue weighted by molar-refractivity contribution is -0.135. The Labute approximate surface area is 344 Å². The molecule has 0 saturated carbocycles. The van der Waals surface area contributed by atoms with Crippen LogP contribution >= 0.6 is 0 Å². The van der Waals surface area contributed by atoms with E-state index >= 15 is 0 Å². The lowest BCUT2D eigenvalue weighted by atomic mass is 9.75. The summed E-state index contributed by atoms with van der Waals surface area (Å²) < 4.78 is 12.3. The summed E-state index contributed by atoms with van der Waals surface area (Å²) in [6.07, 6.45) is 8.09. The number of rotatable bonds is 29. The second-order valence-corrected chi connectivity index (χ2v) is 21.4. The summed E-state index contributed by atoms with van der Waals surface area (Å²) in [7, 11) is 0. The predicted octanol–water partition coefficient (Wildman–Crippen LogP) is 9.08. The zero-order chi connectivity index (χ0) is 43.8. The zero-order valence-corrected chi connectivity index (χ0v) is 39.7. The minimum absolute atomic E-state index is 0.00851. The topological polar surface area (TPSA) is 135 Å². The van der Waals surface area contributed by atoms with Gasteiger partial charge in [0.2, 0.25) is 17.7 Å². The molecule has 10 heteroatoms. The van der Waals surface area contributed by atoms with Gasteiger partial charge in [-0.15, -0.1) is 0 Å². The third kappa shape index (κ3) is 22.2. The smallest absolute Gasteiger partial charge is 0.226 e. The monoisotopic (exact) mass is 795 g/mol. The van der Waals surface area contributed by atoms with Crippen molar-refractivity contribution in [1.29, 1.82) is 0 Å². The maximum atomic E-state index is 13.6. The van der Waals surface area contributed by atoms with Crippen LogP contribution in [0.3, 0.4) is 0 Å². The third-order valence-corrected chi connectivity index (χ3v) is 10.9. The molecule has 0 aliphatic heterocycles. The largest absolute Gasteiger partial charge is 0.375 e. The van der Waals surface area contributed by atoms with Crippen LogP contribution in [0.1, 0.15) is 195 Å². The number of nitrogens with one attached hydrogen (secondary N) is 4. The van der Waals surface area contributed by atoms with Crippen molar-refractivity contribution >= 4 is 23.5 Å². The Hall–Kier alpha value is -2.04. The molecule has 1 unspecified atom stereocenters. The number of carbonyl (C=O) groups is 4. The van der Waals surface area contributed by atoms with Gasteiger partial charge in [-0.05, 0) is 126 Å². The number of ketones is 1. The van der Waals surface area contributed by atoms with Crippen molar-refractivity contribution in [1.82, 2.24) is 21.3 Å². The van der Waals surface area contributed by atoms with Crippen LogP contribution in [0.4, 0.5) is 0 Å². The molecule has 0 saturated heterocycles. The number of amides is 3. The first kappa shape index (κ1) is 54.0. The molecule has 0 aromatic carbocycles. The van der Waals surface area contributed by atoms with E-state index in [0.29, 0.717) is 63.7 Å². The number of hydrogen-bond acceptors (Lipinski definition) is 7. The van der Waals surface area contributed by atoms with Gasteiger partial charge in [0, 0.05) is 46.8 Å². The molecule has 0 fully saturated rings. The molecule has 0 aromatic rings. The van der Waals surface area contributed by atoms with E-state index in [1.165, 1.54) is 0 Å². The molecule has 0 rings (SSSR count). The minimum atomic E-state index is -0.690. The van der Waals surface area contributed by atoms with Crippen LogP contribution in [0.15, 0.2) is 0 Å². The zero-order valence-electron chi connectivity index (χ0n) is 39.7. The van der Waals surface area contributed by atoms with Crippen LogP contribution in [0.2, 0.25) is 0 Å². The van der Waals surface area contributed by atoms with Gasteiger partial charge in [0.05, 0.1) is 30.5 Å². The van der Waals surface area contributed by atoms with E-state index in [-0.39, 0.29) is 34.7 Å². The molecule has 56 heavy (non-hydrogen) atoms. The molecule has 0 spiro atoms. The van der Waals surface area contributed by atoms with Gasteiger partial charge in [0.15, 0.2) is 5.78 Å². The molecule has 0 aromatic heterocycles. The van der Waals surface area contributed by atoms with E-state index < -0.39 is 27.6 Å². The van der Waals surface area contributed by atoms with E-state index in [2.05, 4.69) is 76.7 Å². The summed E-state index contributed by atoms with van der Waals surface area (Å²) in [5, 5.41) is 12.8. The predicted molar refractivity (Wildman–Crippen MR) is 233 cm³/mol.